The van der Waals surface area contributed by atoms with Crippen molar-refractivity contribution in [3.63, 3.8) is 0 Å². The molecule has 1 rings (SSSR count). The molecule has 3 unspecified atom stereocenters. The minimum atomic E-state index is -4.39. The van der Waals surface area contributed by atoms with Gasteiger partial charge >= 0.3 is 19.8 Å². The number of phosphoric ester groups is 1. The highest BCUT2D eigenvalue weighted by Crippen LogP contribution is 2.43. The Hall–Kier alpha value is -1.81. The summed E-state index contributed by atoms with van der Waals surface area (Å²) in [5, 5.41) is 0. The lowest BCUT2D eigenvalue weighted by molar-refractivity contribution is -0.870. The molecule has 0 radical (unpaired) electrons. The zero-order chi connectivity index (χ0) is 41.9. The maximum atomic E-state index is 12.7. The van der Waals surface area contributed by atoms with Crippen LogP contribution in [0.2, 0.25) is 0 Å². The third-order valence-electron chi connectivity index (χ3n) is 10.1. The zero-order valence-electron chi connectivity index (χ0n) is 37.0. The van der Waals surface area contributed by atoms with Crippen LogP contribution in [0.25, 0.3) is 0 Å². The van der Waals surface area contributed by atoms with Gasteiger partial charge in [-0.25, -0.2) is 4.57 Å². The number of epoxide rings is 1. The number of esters is 2. The molecule has 0 aliphatic carbocycles. The summed E-state index contributed by atoms with van der Waals surface area (Å²) in [6, 6.07) is 0. The van der Waals surface area contributed by atoms with E-state index in [1.807, 2.05) is 27.2 Å². The molecular formula is C46H85NO9P+. The molecule has 1 N–H and O–H groups in total. The van der Waals surface area contributed by atoms with Crippen LogP contribution < -0.4 is 0 Å². The number of quaternary nitrogens is 1. The molecule has 1 saturated heterocycles. The molecule has 1 aliphatic rings. The van der Waals surface area contributed by atoms with E-state index in [4.69, 9.17) is 23.3 Å². The first-order valence-corrected chi connectivity index (χ1v) is 24.3. The number of hydrogen-bond acceptors (Lipinski definition) is 8. The number of allylic oxidation sites excluding steroid dienone is 5. The Kier molecular flexibility index (Phi) is 32.7. The number of hydrogen-bond donors (Lipinski definition) is 1. The van der Waals surface area contributed by atoms with Crippen LogP contribution in [-0.2, 0) is 37.4 Å². The Morgan fingerprint density at radius 2 is 1.18 bits per heavy atom. The molecule has 0 bridgehead atoms. The van der Waals surface area contributed by atoms with Crippen LogP contribution in [0.4, 0.5) is 0 Å². The molecule has 0 amide bonds. The largest absolute Gasteiger partial charge is 0.472 e. The minimum absolute atomic E-state index is 0.0200. The summed E-state index contributed by atoms with van der Waals surface area (Å²) < 4.78 is 40.0. The predicted molar refractivity (Wildman–Crippen MR) is 233 cm³/mol. The average Bonchev–Trinajstić information content (AvgIpc) is 3.91. The molecule has 332 valence electrons. The molecule has 1 aliphatic heterocycles. The van der Waals surface area contributed by atoms with Crippen molar-refractivity contribution in [1.29, 1.82) is 0 Å². The Bertz CT molecular complexity index is 1140. The SMILES string of the molecule is CCCCCCCCCCCCCCCCCC(=O)OC[C@H](COP(=O)(O)OCC[N+](C)(C)C)OC(=O)CCC/C=C\C/C=C\C/C=C\CC1OC1CCCCC. The lowest BCUT2D eigenvalue weighted by Crippen LogP contribution is -2.37. The second-order valence-electron chi connectivity index (χ2n) is 16.8. The van der Waals surface area contributed by atoms with Gasteiger partial charge in [0, 0.05) is 12.8 Å². The Morgan fingerprint density at radius 1 is 0.649 bits per heavy atom. The van der Waals surface area contributed by atoms with Gasteiger partial charge in [-0.05, 0) is 44.9 Å². The van der Waals surface area contributed by atoms with Gasteiger partial charge in [-0.1, -0.05) is 159 Å². The number of carbonyl (C=O) groups excluding carboxylic acids is 2. The van der Waals surface area contributed by atoms with Crippen molar-refractivity contribution in [2.75, 3.05) is 47.5 Å². The average molecular weight is 827 g/mol. The zero-order valence-corrected chi connectivity index (χ0v) is 37.9. The summed E-state index contributed by atoms with van der Waals surface area (Å²) in [4.78, 5) is 35.4. The van der Waals surface area contributed by atoms with Crippen molar-refractivity contribution in [3.8, 4) is 0 Å². The molecule has 1 heterocycles. The minimum Gasteiger partial charge on any atom is -0.462 e. The Balaban J connectivity index is 2.30. The van der Waals surface area contributed by atoms with Crippen LogP contribution in [0.15, 0.2) is 36.5 Å². The van der Waals surface area contributed by atoms with Gasteiger partial charge in [-0.2, -0.15) is 0 Å². The van der Waals surface area contributed by atoms with E-state index in [1.54, 1.807) is 0 Å². The van der Waals surface area contributed by atoms with Crippen molar-refractivity contribution >= 4 is 19.8 Å². The first-order chi connectivity index (χ1) is 27.5. The molecule has 4 atom stereocenters. The van der Waals surface area contributed by atoms with Crippen LogP contribution in [0, 0.1) is 0 Å². The third kappa shape index (κ3) is 35.8. The Labute approximate surface area is 348 Å². The van der Waals surface area contributed by atoms with E-state index >= 15 is 0 Å². The number of phosphoric acid groups is 1. The van der Waals surface area contributed by atoms with Gasteiger partial charge in [-0.3, -0.25) is 18.6 Å². The molecule has 1 fully saturated rings. The highest BCUT2D eigenvalue weighted by molar-refractivity contribution is 7.47. The van der Waals surface area contributed by atoms with Crippen molar-refractivity contribution < 1.29 is 46.8 Å². The van der Waals surface area contributed by atoms with Gasteiger partial charge in [-0.15, -0.1) is 0 Å². The van der Waals surface area contributed by atoms with Crippen LogP contribution in [0.5, 0.6) is 0 Å². The third-order valence-corrected chi connectivity index (χ3v) is 11.1. The van der Waals surface area contributed by atoms with E-state index in [0.29, 0.717) is 36.1 Å². The summed E-state index contributed by atoms with van der Waals surface area (Å²) in [6.45, 7) is 4.33. The van der Waals surface area contributed by atoms with Gasteiger partial charge in [0.05, 0.1) is 40.0 Å². The second kappa shape index (κ2) is 35.0. The van der Waals surface area contributed by atoms with Crippen LogP contribution in [0.3, 0.4) is 0 Å². The molecule has 0 aromatic rings. The molecule has 57 heavy (non-hydrogen) atoms. The van der Waals surface area contributed by atoms with E-state index in [0.717, 1.165) is 38.5 Å². The van der Waals surface area contributed by atoms with Crippen molar-refractivity contribution in [2.45, 2.75) is 199 Å². The van der Waals surface area contributed by atoms with E-state index in [9.17, 15) is 19.0 Å². The lowest BCUT2D eigenvalue weighted by atomic mass is 10.0. The fourth-order valence-corrected chi connectivity index (χ4v) is 7.14. The summed E-state index contributed by atoms with van der Waals surface area (Å²) in [5.74, 6) is -0.865. The van der Waals surface area contributed by atoms with Gasteiger partial charge in [0.1, 0.15) is 19.8 Å². The first-order valence-electron chi connectivity index (χ1n) is 22.8. The molecule has 10 nitrogen and oxygen atoms in total. The predicted octanol–water partition coefficient (Wildman–Crippen LogP) is 11.9. The smallest absolute Gasteiger partial charge is 0.462 e. The quantitative estimate of drug-likeness (QED) is 0.0161. The van der Waals surface area contributed by atoms with Gasteiger partial charge in [0.2, 0.25) is 0 Å². The van der Waals surface area contributed by atoms with Crippen molar-refractivity contribution in [1.82, 2.24) is 0 Å². The van der Waals surface area contributed by atoms with Gasteiger partial charge in [0.25, 0.3) is 0 Å². The van der Waals surface area contributed by atoms with Gasteiger partial charge < -0.3 is 23.6 Å². The Morgan fingerprint density at radius 3 is 1.77 bits per heavy atom. The van der Waals surface area contributed by atoms with Gasteiger partial charge in [0.15, 0.2) is 6.10 Å². The monoisotopic (exact) mass is 827 g/mol. The summed E-state index contributed by atoms with van der Waals surface area (Å²) >= 11 is 0. The van der Waals surface area contributed by atoms with E-state index in [1.165, 1.54) is 103 Å². The summed E-state index contributed by atoms with van der Waals surface area (Å²) in [6.07, 6.45) is 40.9. The molecular weight excluding hydrogens is 741 g/mol. The number of carbonyl (C=O) groups is 2. The fourth-order valence-electron chi connectivity index (χ4n) is 6.39. The molecule has 11 heteroatoms. The summed E-state index contributed by atoms with van der Waals surface area (Å²) in [7, 11) is 1.44. The number of unbranched alkanes of at least 4 members (excludes halogenated alkanes) is 17. The van der Waals surface area contributed by atoms with Crippen molar-refractivity contribution in [3.05, 3.63) is 36.5 Å². The lowest BCUT2D eigenvalue weighted by Gasteiger charge is -2.24. The highest BCUT2D eigenvalue weighted by Gasteiger charge is 2.36. The second-order valence-corrected chi connectivity index (χ2v) is 18.3. The van der Waals surface area contributed by atoms with Crippen LogP contribution in [-0.4, -0.2) is 87.1 Å². The molecule has 0 aromatic heterocycles. The molecule has 0 aromatic carbocycles. The number of likely N-dealkylation sites (N-methyl/N-ethyl adjacent to an activating group) is 1. The highest BCUT2D eigenvalue weighted by atomic mass is 31.2. The van der Waals surface area contributed by atoms with E-state index in [2.05, 4.69) is 44.2 Å². The normalized spacial score (nSPS) is 17.4. The maximum Gasteiger partial charge on any atom is 0.472 e. The van der Waals surface area contributed by atoms with Crippen molar-refractivity contribution in [2.24, 2.45) is 0 Å². The van der Waals surface area contributed by atoms with Crippen LogP contribution >= 0.6 is 7.82 Å². The molecule has 0 saturated carbocycles. The van der Waals surface area contributed by atoms with E-state index in [-0.39, 0.29) is 32.0 Å². The van der Waals surface area contributed by atoms with E-state index < -0.39 is 26.5 Å². The van der Waals surface area contributed by atoms with Crippen LogP contribution in [0.1, 0.15) is 181 Å². The standard InChI is InChI=1S/C46H84NO9P/c1-6-8-10-11-12-13-14-15-16-17-18-22-25-28-32-36-45(48)52-40-42(41-54-57(50,51)53-39-38-47(3,4)5)55-46(49)37-33-29-26-23-20-19-21-24-27-31-35-44-43(56-44)34-30-9-7-2/h19,21,23,26-27,31,42-44H,6-18,20,22,24-25,28-30,32-41H2,1-5H3/p+1/b21-19-,26-23-,31-27-/t42-,43?,44?/m1/s1. The fraction of sp³-hybridized carbons (Fsp3) is 0.826. The number of nitrogens with zero attached hydrogens (tertiary/aromatic N) is 1. The maximum absolute atomic E-state index is 12.7. The summed E-state index contributed by atoms with van der Waals surface area (Å²) in [5.41, 5.74) is 0. The topological polar surface area (TPSA) is 121 Å². The molecule has 0 spiro atoms. The number of ether oxygens (including phenoxy) is 3. The first kappa shape index (κ1) is 53.2. The number of rotatable bonds is 40.